The van der Waals surface area contributed by atoms with Gasteiger partial charge in [0.15, 0.2) is 0 Å². The minimum absolute atomic E-state index is 0.108. The van der Waals surface area contributed by atoms with Gasteiger partial charge < -0.3 is 5.11 Å². The summed E-state index contributed by atoms with van der Waals surface area (Å²) in [4.78, 5) is 16.6. The summed E-state index contributed by atoms with van der Waals surface area (Å²) in [6.07, 6.45) is 0. The second kappa shape index (κ2) is 5.90. The molecule has 21 heavy (non-hydrogen) atoms. The van der Waals surface area contributed by atoms with Crippen LogP contribution in [0.5, 0.6) is 0 Å². The monoisotopic (exact) mass is 301 g/mol. The van der Waals surface area contributed by atoms with Crippen molar-refractivity contribution < 1.29 is 9.90 Å². The van der Waals surface area contributed by atoms with E-state index in [-0.39, 0.29) is 11.0 Å². The fraction of sp³-hybridized carbons (Fsp3) is 0.294. The number of pyridine rings is 1. The number of aromatic nitrogens is 1. The SMILES string of the molecule is Cc1ccc(C(=O)O)c(Sc2ccc(C(C)(C)C)cc2)n1. The lowest BCUT2D eigenvalue weighted by molar-refractivity contribution is 0.0692. The number of aryl methyl sites for hydroxylation is 1. The molecule has 0 aliphatic carbocycles. The predicted octanol–water partition coefficient (Wildman–Crippen LogP) is 4.54. The minimum Gasteiger partial charge on any atom is -0.478 e. The van der Waals surface area contributed by atoms with Crippen LogP contribution in [0.2, 0.25) is 0 Å². The van der Waals surface area contributed by atoms with Crippen LogP contribution >= 0.6 is 11.8 Å². The molecule has 0 radical (unpaired) electrons. The Balaban J connectivity index is 2.30. The van der Waals surface area contributed by atoms with Crippen LogP contribution in [0.15, 0.2) is 46.3 Å². The van der Waals surface area contributed by atoms with Crippen LogP contribution in [-0.2, 0) is 5.41 Å². The standard InChI is InChI=1S/C17H19NO2S/c1-11-5-10-14(16(19)20)15(18-11)21-13-8-6-12(7-9-13)17(2,3)4/h5-10H,1-4H3,(H,19,20). The number of carbonyl (C=O) groups is 1. The van der Waals surface area contributed by atoms with Gasteiger partial charge in [-0.05, 0) is 42.2 Å². The summed E-state index contributed by atoms with van der Waals surface area (Å²) >= 11 is 1.38. The van der Waals surface area contributed by atoms with E-state index >= 15 is 0 Å². The van der Waals surface area contributed by atoms with Gasteiger partial charge in [0, 0.05) is 10.6 Å². The van der Waals surface area contributed by atoms with Crippen molar-refractivity contribution in [2.24, 2.45) is 0 Å². The first-order valence-electron chi connectivity index (χ1n) is 6.77. The first kappa shape index (κ1) is 15.6. The van der Waals surface area contributed by atoms with Crippen molar-refractivity contribution in [1.29, 1.82) is 0 Å². The molecule has 0 amide bonds. The number of rotatable bonds is 3. The Morgan fingerprint density at radius 1 is 1.10 bits per heavy atom. The Labute approximate surface area is 129 Å². The predicted molar refractivity (Wildman–Crippen MR) is 85.2 cm³/mol. The van der Waals surface area contributed by atoms with Crippen molar-refractivity contribution in [2.75, 3.05) is 0 Å². The van der Waals surface area contributed by atoms with Crippen LogP contribution in [0.4, 0.5) is 0 Å². The zero-order valence-electron chi connectivity index (χ0n) is 12.7. The third kappa shape index (κ3) is 3.85. The lowest BCUT2D eigenvalue weighted by Crippen LogP contribution is -2.10. The van der Waals surface area contributed by atoms with Gasteiger partial charge in [-0.1, -0.05) is 44.7 Å². The molecule has 1 aromatic carbocycles. The Morgan fingerprint density at radius 3 is 2.24 bits per heavy atom. The van der Waals surface area contributed by atoms with Crippen molar-refractivity contribution in [3.05, 3.63) is 53.2 Å². The van der Waals surface area contributed by atoms with E-state index < -0.39 is 5.97 Å². The number of carboxylic acids is 1. The summed E-state index contributed by atoms with van der Waals surface area (Å²) < 4.78 is 0. The second-order valence-corrected chi connectivity index (χ2v) is 7.05. The molecule has 110 valence electrons. The topological polar surface area (TPSA) is 50.2 Å². The average molecular weight is 301 g/mol. The summed E-state index contributed by atoms with van der Waals surface area (Å²) in [6.45, 7) is 8.36. The van der Waals surface area contributed by atoms with Gasteiger partial charge in [-0.25, -0.2) is 9.78 Å². The lowest BCUT2D eigenvalue weighted by atomic mass is 9.87. The third-order valence-electron chi connectivity index (χ3n) is 3.16. The molecule has 0 fully saturated rings. The van der Waals surface area contributed by atoms with Gasteiger partial charge in [-0.3, -0.25) is 0 Å². The maximum atomic E-state index is 11.3. The van der Waals surface area contributed by atoms with Crippen molar-refractivity contribution in [3.8, 4) is 0 Å². The Morgan fingerprint density at radius 2 is 1.71 bits per heavy atom. The van der Waals surface area contributed by atoms with Gasteiger partial charge in [0.1, 0.15) is 5.03 Å². The van der Waals surface area contributed by atoms with Gasteiger partial charge in [0.05, 0.1) is 5.56 Å². The summed E-state index contributed by atoms with van der Waals surface area (Å²) in [7, 11) is 0. The van der Waals surface area contributed by atoms with E-state index in [9.17, 15) is 9.90 Å². The maximum absolute atomic E-state index is 11.3. The van der Waals surface area contributed by atoms with E-state index in [1.165, 1.54) is 17.3 Å². The van der Waals surface area contributed by atoms with Crippen molar-refractivity contribution in [2.45, 2.75) is 43.0 Å². The molecule has 1 aromatic heterocycles. The van der Waals surface area contributed by atoms with Crippen molar-refractivity contribution in [3.63, 3.8) is 0 Å². The molecule has 1 N–H and O–H groups in total. The normalized spacial score (nSPS) is 11.4. The fourth-order valence-electron chi connectivity index (χ4n) is 1.91. The van der Waals surface area contributed by atoms with Gasteiger partial charge in [-0.2, -0.15) is 0 Å². The van der Waals surface area contributed by atoms with E-state index in [0.29, 0.717) is 5.03 Å². The fourth-order valence-corrected chi connectivity index (χ4v) is 2.86. The molecule has 2 aromatic rings. The van der Waals surface area contributed by atoms with Crippen LogP contribution in [0.3, 0.4) is 0 Å². The second-order valence-electron chi connectivity index (χ2n) is 5.99. The highest BCUT2D eigenvalue weighted by Gasteiger charge is 2.15. The molecule has 3 nitrogen and oxygen atoms in total. The van der Waals surface area contributed by atoms with E-state index in [4.69, 9.17) is 0 Å². The third-order valence-corrected chi connectivity index (χ3v) is 4.18. The molecule has 1 heterocycles. The summed E-state index contributed by atoms with van der Waals surface area (Å²) in [5.41, 5.74) is 2.42. The zero-order valence-corrected chi connectivity index (χ0v) is 13.5. The van der Waals surface area contributed by atoms with Crippen molar-refractivity contribution in [1.82, 2.24) is 4.98 Å². The molecule has 0 aliphatic heterocycles. The molecule has 0 saturated heterocycles. The van der Waals surface area contributed by atoms with Crippen molar-refractivity contribution >= 4 is 17.7 Å². The van der Waals surface area contributed by atoms with Gasteiger partial charge >= 0.3 is 5.97 Å². The first-order chi connectivity index (χ1) is 9.77. The van der Waals surface area contributed by atoms with Crippen LogP contribution in [0.1, 0.15) is 42.4 Å². The van der Waals surface area contributed by atoms with E-state index in [2.05, 4.69) is 37.9 Å². The number of hydrogen-bond acceptors (Lipinski definition) is 3. The highest BCUT2D eigenvalue weighted by molar-refractivity contribution is 7.99. The summed E-state index contributed by atoms with van der Waals surface area (Å²) in [6, 6.07) is 11.5. The lowest BCUT2D eigenvalue weighted by Gasteiger charge is -2.19. The Bertz CT molecular complexity index is 657. The van der Waals surface area contributed by atoms with Crippen LogP contribution in [-0.4, -0.2) is 16.1 Å². The highest BCUT2D eigenvalue weighted by Crippen LogP contribution is 2.31. The van der Waals surface area contributed by atoms with E-state index in [1.807, 2.05) is 19.1 Å². The van der Waals surface area contributed by atoms with Crippen LogP contribution in [0.25, 0.3) is 0 Å². The first-order valence-corrected chi connectivity index (χ1v) is 7.58. The van der Waals surface area contributed by atoms with Gasteiger partial charge in [-0.15, -0.1) is 0 Å². The number of nitrogens with zero attached hydrogens (tertiary/aromatic N) is 1. The summed E-state index contributed by atoms with van der Waals surface area (Å²) in [5, 5.41) is 9.77. The molecule has 0 unspecified atom stereocenters. The van der Waals surface area contributed by atoms with E-state index in [0.717, 1.165) is 10.6 Å². The zero-order chi connectivity index (χ0) is 15.6. The van der Waals surface area contributed by atoms with Gasteiger partial charge in [0.25, 0.3) is 0 Å². The van der Waals surface area contributed by atoms with Gasteiger partial charge in [0.2, 0.25) is 0 Å². The molecule has 0 atom stereocenters. The average Bonchev–Trinajstić information content (AvgIpc) is 2.38. The molecule has 4 heteroatoms. The van der Waals surface area contributed by atoms with E-state index in [1.54, 1.807) is 12.1 Å². The molecule has 0 spiro atoms. The van der Waals surface area contributed by atoms with Crippen LogP contribution < -0.4 is 0 Å². The minimum atomic E-state index is -0.948. The molecular formula is C17H19NO2S. The molecule has 0 bridgehead atoms. The number of hydrogen-bond donors (Lipinski definition) is 1. The maximum Gasteiger partial charge on any atom is 0.338 e. The summed E-state index contributed by atoms with van der Waals surface area (Å²) in [5.74, 6) is -0.948. The largest absolute Gasteiger partial charge is 0.478 e. The number of aromatic carboxylic acids is 1. The number of benzene rings is 1. The Hall–Kier alpha value is -1.81. The quantitative estimate of drug-likeness (QED) is 0.904. The highest BCUT2D eigenvalue weighted by atomic mass is 32.2. The molecular weight excluding hydrogens is 282 g/mol. The molecule has 2 rings (SSSR count). The molecule has 0 aliphatic rings. The Kier molecular flexibility index (Phi) is 4.37. The molecule has 0 saturated carbocycles. The number of carboxylic acid groups (broad SMARTS) is 1. The van der Waals surface area contributed by atoms with Crippen LogP contribution in [0, 0.1) is 6.92 Å². The smallest absolute Gasteiger partial charge is 0.338 e.